The van der Waals surface area contributed by atoms with Gasteiger partial charge in [-0.25, -0.2) is 4.98 Å². The minimum atomic E-state index is -4.37. The van der Waals surface area contributed by atoms with E-state index in [0.29, 0.717) is 23.5 Å². The van der Waals surface area contributed by atoms with Gasteiger partial charge in [-0.05, 0) is 29.8 Å². The molecule has 0 saturated carbocycles. The van der Waals surface area contributed by atoms with E-state index in [1.807, 2.05) is 0 Å². The molecule has 124 valence electrons. The van der Waals surface area contributed by atoms with Gasteiger partial charge in [-0.2, -0.15) is 22.7 Å². The lowest BCUT2D eigenvalue weighted by molar-refractivity contribution is -0.137. The monoisotopic (exact) mass is 336 g/mol. The van der Waals surface area contributed by atoms with E-state index in [2.05, 4.69) is 20.5 Å². The molecule has 0 fully saturated rings. The summed E-state index contributed by atoms with van der Waals surface area (Å²) in [5.74, 6) is -0.575. The molecule has 0 saturated heterocycles. The maximum absolute atomic E-state index is 12.8. The largest absolute Gasteiger partial charge is 0.416 e. The molecule has 0 unspecified atom stereocenters. The van der Waals surface area contributed by atoms with Gasteiger partial charge >= 0.3 is 6.18 Å². The van der Waals surface area contributed by atoms with Gasteiger partial charge in [0.1, 0.15) is 0 Å². The highest BCUT2D eigenvalue weighted by Crippen LogP contribution is 2.31. The lowest BCUT2D eigenvalue weighted by Gasteiger charge is -2.09. The summed E-state index contributed by atoms with van der Waals surface area (Å²) in [6, 6.07) is 7.60. The van der Waals surface area contributed by atoms with Crippen LogP contribution in [-0.4, -0.2) is 15.2 Å². The van der Waals surface area contributed by atoms with Gasteiger partial charge in [0.15, 0.2) is 0 Å². The van der Waals surface area contributed by atoms with Crippen LogP contribution in [0.3, 0.4) is 0 Å². The number of nitrogens with zero attached hydrogens (tertiary/aromatic N) is 2. The van der Waals surface area contributed by atoms with Gasteiger partial charge < -0.3 is 5.32 Å². The number of alkyl halides is 3. The molecule has 0 bridgehead atoms. The third-order valence-corrected chi connectivity index (χ3v) is 3.43. The van der Waals surface area contributed by atoms with E-state index < -0.39 is 17.7 Å². The second-order valence-corrected chi connectivity index (χ2v) is 5.07. The van der Waals surface area contributed by atoms with Gasteiger partial charge in [-0.3, -0.25) is 5.10 Å². The molecular weight excluding hydrogens is 324 g/mol. The van der Waals surface area contributed by atoms with Crippen molar-refractivity contribution in [1.82, 2.24) is 15.2 Å². The molecule has 0 aliphatic heterocycles. The molecule has 1 aromatic carbocycles. The zero-order valence-corrected chi connectivity index (χ0v) is 12.2. The molecule has 0 aliphatic carbocycles. The van der Waals surface area contributed by atoms with Crippen LogP contribution in [-0.2, 0) is 12.7 Å². The van der Waals surface area contributed by atoms with Crippen LogP contribution in [0.5, 0.6) is 0 Å². The first-order valence-electron chi connectivity index (χ1n) is 6.99. The molecule has 2 heterocycles. The third-order valence-electron chi connectivity index (χ3n) is 3.43. The fourth-order valence-corrected chi connectivity index (χ4v) is 2.20. The lowest BCUT2D eigenvalue weighted by atomic mass is 10.1. The Morgan fingerprint density at radius 2 is 1.75 bits per heavy atom. The Kier molecular flexibility index (Phi) is 4.20. The Balaban J connectivity index is 1.76. The Morgan fingerprint density at radius 3 is 2.38 bits per heavy atom. The Labute approximate surface area is 134 Å². The highest BCUT2D eigenvalue weighted by Gasteiger charge is 2.30. The van der Waals surface area contributed by atoms with Crippen molar-refractivity contribution in [2.45, 2.75) is 12.7 Å². The molecule has 2 aromatic heterocycles. The van der Waals surface area contributed by atoms with Crippen LogP contribution in [0.25, 0.3) is 11.3 Å². The van der Waals surface area contributed by atoms with Crippen molar-refractivity contribution in [1.29, 1.82) is 0 Å². The summed E-state index contributed by atoms with van der Waals surface area (Å²) in [5.41, 5.74) is 1.89. The van der Waals surface area contributed by atoms with Gasteiger partial charge in [-0.15, -0.1) is 0 Å². The van der Waals surface area contributed by atoms with Gasteiger partial charge in [0.2, 0.25) is 5.95 Å². The summed E-state index contributed by atoms with van der Waals surface area (Å²) in [6.45, 7) is 0.361. The molecule has 0 atom stereocenters. The quantitative estimate of drug-likeness (QED) is 0.553. The number of nitrogens with one attached hydrogen (secondary N) is 2. The van der Waals surface area contributed by atoms with E-state index in [-0.39, 0.29) is 0 Å². The van der Waals surface area contributed by atoms with Crippen LogP contribution in [0.2, 0.25) is 0 Å². The highest BCUT2D eigenvalue weighted by atomic mass is 19.4. The molecular formula is C16H12F4N4. The molecule has 0 amide bonds. The minimum absolute atomic E-state index is 0.361. The van der Waals surface area contributed by atoms with Crippen LogP contribution >= 0.6 is 0 Å². The molecule has 8 heteroatoms. The molecule has 0 spiro atoms. The topological polar surface area (TPSA) is 53.6 Å². The predicted octanol–water partition coefficient (Wildman–Crippen LogP) is 4.24. The van der Waals surface area contributed by atoms with Gasteiger partial charge in [0, 0.05) is 12.1 Å². The summed E-state index contributed by atoms with van der Waals surface area (Å²) in [7, 11) is 0. The van der Waals surface area contributed by atoms with E-state index >= 15 is 0 Å². The fraction of sp³-hybridized carbons (Fsp3) is 0.125. The number of anilines is 1. The summed E-state index contributed by atoms with van der Waals surface area (Å²) in [4.78, 5) is 3.53. The van der Waals surface area contributed by atoms with Crippen LogP contribution in [0.4, 0.5) is 23.2 Å². The van der Waals surface area contributed by atoms with E-state index in [1.54, 1.807) is 12.3 Å². The molecule has 2 N–H and O–H groups in total. The number of H-pyrrole nitrogens is 1. The van der Waals surface area contributed by atoms with E-state index in [1.165, 1.54) is 24.4 Å². The Bertz CT molecular complexity index is 807. The number of hydrogen-bond donors (Lipinski definition) is 2. The maximum atomic E-state index is 12.8. The number of aromatic amines is 1. The van der Waals surface area contributed by atoms with Gasteiger partial charge in [0.25, 0.3) is 0 Å². The zero-order valence-electron chi connectivity index (χ0n) is 12.2. The number of pyridine rings is 1. The van der Waals surface area contributed by atoms with Crippen molar-refractivity contribution >= 4 is 5.69 Å². The van der Waals surface area contributed by atoms with E-state index in [4.69, 9.17) is 0 Å². The number of aromatic nitrogens is 3. The molecule has 4 nitrogen and oxygen atoms in total. The van der Waals surface area contributed by atoms with Crippen molar-refractivity contribution in [3.63, 3.8) is 0 Å². The SMILES string of the molecule is Fc1ccc(NCc2cn[nH]c2-c2ccc(C(F)(F)F)cc2)cn1. The van der Waals surface area contributed by atoms with Crippen molar-refractivity contribution in [3.05, 3.63) is 65.9 Å². The van der Waals surface area contributed by atoms with Gasteiger partial charge in [0.05, 0.1) is 29.3 Å². The number of hydrogen-bond acceptors (Lipinski definition) is 3. The molecule has 24 heavy (non-hydrogen) atoms. The molecule has 3 rings (SSSR count). The van der Waals surface area contributed by atoms with Crippen LogP contribution in [0.1, 0.15) is 11.1 Å². The first-order chi connectivity index (χ1) is 11.4. The molecule has 3 aromatic rings. The number of benzene rings is 1. The van der Waals surface area contributed by atoms with Crippen LogP contribution < -0.4 is 5.32 Å². The Morgan fingerprint density at radius 1 is 1.00 bits per heavy atom. The zero-order chi connectivity index (χ0) is 17.2. The number of halogens is 4. The lowest BCUT2D eigenvalue weighted by Crippen LogP contribution is -2.04. The Hall–Kier alpha value is -2.90. The highest BCUT2D eigenvalue weighted by molar-refractivity contribution is 5.63. The summed E-state index contributed by atoms with van der Waals surface area (Å²) < 4.78 is 50.6. The first-order valence-corrected chi connectivity index (χ1v) is 6.99. The van der Waals surface area contributed by atoms with Crippen molar-refractivity contribution in [3.8, 4) is 11.3 Å². The third kappa shape index (κ3) is 3.53. The molecule has 0 aliphatic rings. The smallest absolute Gasteiger partial charge is 0.380 e. The van der Waals surface area contributed by atoms with E-state index in [0.717, 1.165) is 17.7 Å². The van der Waals surface area contributed by atoms with Crippen molar-refractivity contribution in [2.24, 2.45) is 0 Å². The average molecular weight is 336 g/mol. The first kappa shape index (κ1) is 16.0. The van der Waals surface area contributed by atoms with Crippen molar-refractivity contribution < 1.29 is 17.6 Å². The van der Waals surface area contributed by atoms with Crippen LogP contribution in [0, 0.1) is 5.95 Å². The van der Waals surface area contributed by atoms with Gasteiger partial charge in [-0.1, -0.05) is 12.1 Å². The van der Waals surface area contributed by atoms with Crippen LogP contribution in [0.15, 0.2) is 48.8 Å². The predicted molar refractivity (Wildman–Crippen MR) is 80.5 cm³/mol. The van der Waals surface area contributed by atoms with Crippen molar-refractivity contribution in [2.75, 3.05) is 5.32 Å². The summed E-state index contributed by atoms with van der Waals surface area (Å²) in [5, 5.41) is 9.76. The second kappa shape index (κ2) is 6.31. The summed E-state index contributed by atoms with van der Waals surface area (Å²) in [6.07, 6.45) is -1.43. The number of rotatable bonds is 4. The fourth-order valence-electron chi connectivity index (χ4n) is 2.20. The minimum Gasteiger partial charge on any atom is -0.380 e. The molecule has 0 radical (unpaired) electrons. The average Bonchev–Trinajstić information content (AvgIpc) is 3.02. The normalized spacial score (nSPS) is 11.5. The summed E-state index contributed by atoms with van der Waals surface area (Å²) >= 11 is 0. The van der Waals surface area contributed by atoms with E-state index in [9.17, 15) is 17.6 Å². The standard InChI is InChI=1S/C16H12F4N4/c17-14-6-5-13(9-22-14)21-7-11-8-23-24-15(11)10-1-3-12(4-2-10)16(18,19)20/h1-6,8-9,21H,7H2,(H,23,24). The maximum Gasteiger partial charge on any atom is 0.416 e. The second-order valence-electron chi connectivity index (χ2n) is 5.07.